The summed E-state index contributed by atoms with van der Waals surface area (Å²) in [5, 5.41) is 0. The maximum absolute atomic E-state index is 13.2. The largest absolute Gasteiger partial charge is 0.336 e. The quantitative estimate of drug-likeness (QED) is 0.749. The number of imidazole rings is 1. The van der Waals surface area contributed by atoms with E-state index in [4.69, 9.17) is 0 Å². The first-order valence-corrected chi connectivity index (χ1v) is 9.90. The lowest BCUT2D eigenvalue weighted by Gasteiger charge is -2.21. The summed E-state index contributed by atoms with van der Waals surface area (Å²) >= 11 is 0. The van der Waals surface area contributed by atoms with Crippen molar-refractivity contribution in [2.45, 2.75) is 31.7 Å². The van der Waals surface area contributed by atoms with Crippen molar-refractivity contribution in [2.75, 3.05) is 0 Å². The molecule has 0 aliphatic carbocycles. The minimum Gasteiger partial charge on any atom is -0.336 e. The van der Waals surface area contributed by atoms with E-state index in [0.717, 1.165) is 22.3 Å². The first kappa shape index (κ1) is 18.4. The summed E-state index contributed by atoms with van der Waals surface area (Å²) in [7, 11) is -1.88. The molecule has 1 atom stereocenters. The van der Waals surface area contributed by atoms with Crippen LogP contribution in [0.5, 0.6) is 0 Å². The molecule has 0 aliphatic heterocycles. The molecule has 0 saturated heterocycles. The van der Waals surface area contributed by atoms with E-state index in [1.54, 1.807) is 6.20 Å². The van der Waals surface area contributed by atoms with Crippen LogP contribution in [0.15, 0.2) is 59.8 Å². The zero-order valence-electron chi connectivity index (χ0n) is 15.4. The number of benzene rings is 2. The third-order valence-electron chi connectivity index (χ3n) is 4.40. The van der Waals surface area contributed by atoms with E-state index in [-0.39, 0.29) is 0 Å². The molecule has 3 aromatic rings. The summed E-state index contributed by atoms with van der Waals surface area (Å²) in [6.45, 7) is 5.62. The van der Waals surface area contributed by atoms with Gasteiger partial charge < -0.3 is 4.57 Å². The average molecular weight is 369 g/mol. The van der Waals surface area contributed by atoms with Crippen molar-refractivity contribution < 1.29 is 8.42 Å². The van der Waals surface area contributed by atoms with Crippen LogP contribution in [0.3, 0.4) is 0 Å². The highest BCUT2D eigenvalue weighted by atomic mass is 32.2. The van der Waals surface area contributed by atoms with Crippen LogP contribution in [-0.2, 0) is 17.1 Å². The summed E-state index contributed by atoms with van der Waals surface area (Å²) in [6, 6.07) is 12.7. The van der Waals surface area contributed by atoms with Gasteiger partial charge in [-0.2, -0.15) is 4.72 Å². The fourth-order valence-corrected chi connectivity index (χ4v) is 5.01. The summed E-state index contributed by atoms with van der Waals surface area (Å²) in [5.41, 5.74) is 3.36. The van der Waals surface area contributed by atoms with Gasteiger partial charge in [0.2, 0.25) is 10.0 Å². The molecule has 26 heavy (non-hydrogen) atoms. The van der Waals surface area contributed by atoms with Gasteiger partial charge in [0.15, 0.2) is 0 Å². The van der Waals surface area contributed by atoms with Gasteiger partial charge >= 0.3 is 0 Å². The Morgan fingerprint density at radius 2 is 1.65 bits per heavy atom. The molecule has 6 heteroatoms. The number of aryl methyl sites for hydroxylation is 4. The Kier molecular flexibility index (Phi) is 4.98. The monoisotopic (exact) mass is 369 g/mol. The van der Waals surface area contributed by atoms with Gasteiger partial charge in [0, 0.05) is 19.4 Å². The second kappa shape index (κ2) is 7.05. The summed E-state index contributed by atoms with van der Waals surface area (Å²) < 4.78 is 31.1. The minimum absolute atomic E-state index is 0.332. The lowest BCUT2D eigenvalue weighted by atomic mass is 10.1. The molecule has 0 saturated carbocycles. The van der Waals surface area contributed by atoms with E-state index in [0.29, 0.717) is 10.7 Å². The number of sulfonamides is 1. The molecular weight excluding hydrogens is 346 g/mol. The lowest BCUT2D eigenvalue weighted by molar-refractivity contribution is 0.561. The van der Waals surface area contributed by atoms with Crippen molar-refractivity contribution in [3.63, 3.8) is 0 Å². The Morgan fingerprint density at radius 1 is 1.04 bits per heavy atom. The van der Waals surface area contributed by atoms with Crippen molar-refractivity contribution in [2.24, 2.45) is 7.05 Å². The van der Waals surface area contributed by atoms with Crippen LogP contribution in [0, 0.1) is 20.8 Å². The van der Waals surface area contributed by atoms with Gasteiger partial charge in [-0.3, -0.25) is 0 Å². The van der Waals surface area contributed by atoms with E-state index < -0.39 is 16.1 Å². The highest BCUT2D eigenvalue weighted by Crippen LogP contribution is 2.26. The number of rotatable bonds is 5. The first-order valence-electron chi connectivity index (χ1n) is 8.42. The summed E-state index contributed by atoms with van der Waals surface area (Å²) in [4.78, 5) is 4.70. The lowest BCUT2D eigenvalue weighted by Crippen LogP contribution is -2.32. The fourth-order valence-electron chi connectivity index (χ4n) is 3.38. The number of nitrogens with one attached hydrogen (secondary N) is 1. The molecule has 136 valence electrons. The van der Waals surface area contributed by atoms with Crippen LogP contribution in [-0.4, -0.2) is 18.0 Å². The predicted molar refractivity (Wildman–Crippen MR) is 102 cm³/mol. The van der Waals surface area contributed by atoms with Gasteiger partial charge in [-0.1, -0.05) is 48.0 Å². The van der Waals surface area contributed by atoms with Gasteiger partial charge in [0.25, 0.3) is 0 Å². The van der Waals surface area contributed by atoms with Crippen molar-refractivity contribution in [1.29, 1.82) is 0 Å². The Bertz CT molecular complexity index is 1000. The molecular formula is C20H23N3O2S. The van der Waals surface area contributed by atoms with Gasteiger partial charge in [-0.15, -0.1) is 0 Å². The third kappa shape index (κ3) is 3.57. The van der Waals surface area contributed by atoms with Gasteiger partial charge in [-0.05, 0) is 37.5 Å². The molecule has 0 radical (unpaired) electrons. The van der Waals surface area contributed by atoms with Gasteiger partial charge in [-0.25, -0.2) is 13.4 Å². The van der Waals surface area contributed by atoms with Gasteiger partial charge in [0.05, 0.1) is 4.90 Å². The molecule has 5 nitrogen and oxygen atoms in total. The van der Waals surface area contributed by atoms with E-state index in [9.17, 15) is 8.42 Å². The molecule has 0 unspecified atom stereocenters. The maximum Gasteiger partial charge on any atom is 0.242 e. The average Bonchev–Trinajstić information content (AvgIpc) is 2.98. The third-order valence-corrected chi connectivity index (χ3v) is 6.12. The Morgan fingerprint density at radius 3 is 2.19 bits per heavy atom. The van der Waals surface area contributed by atoms with E-state index in [2.05, 4.69) is 9.71 Å². The number of hydrogen-bond acceptors (Lipinski definition) is 3. The fraction of sp³-hybridized carbons (Fsp3) is 0.250. The highest BCUT2D eigenvalue weighted by molar-refractivity contribution is 7.89. The van der Waals surface area contributed by atoms with Crippen LogP contribution < -0.4 is 4.72 Å². The topological polar surface area (TPSA) is 64.0 Å². The molecule has 1 N–H and O–H groups in total. The molecule has 0 spiro atoms. The molecule has 0 fully saturated rings. The van der Waals surface area contributed by atoms with Crippen molar-refractivity contribution in [3.8, 4) is 0 Å². The van der Waals surface area contributed by atoms with Gasteiger partial charge in [0.1, 0.15) is 11.9 Å². The Labute approximate surface area is 154 Å². The number of nitrogens with zero attached hydrogens (tertiary/aromatic N) is 2. The smallest absolute Gasteiger partial charge is 0.242 e. The van der Waals surface area contributed by atoms with E-state index >= 15 is 0 Å². The normalized spacial score (nSPS) is 12.9. The van der Waals surface area contributed by atoms with Crippen molar-refractivity contribution in [1.82, 2.24) is 14.3 Å². The predicted octanol–water partition coefficient (Wildman–Crippen LogP) is 3.41. The summed E-state index contributed by atoms with van der Waals surface area (Å²) in [6.07, 6.45) is 3.48. The molecule has 0 aliphatic rings. The van der Waals surface area contributed by atoms with Crippen LogP contribution in [0.4, 0.5) is 0 Å². The van der Waals surface area contributed by atoms with Crippen molar-refractivity contribution in [3.05, 3.63) is 82.9 Å². The molecule has 3 rings (SSSR count). The molecule has 1 aromatic heterocycles. The summed E-state index contributed by atoms with van der Waals surface area (Å²) in [5.74, 6) is 0.641. The van der Waals surface area contributed by atoms with Crippen molar-refractivity contribution >= 4 is 10.0 Å². The molecule has 2 aromatic carbocycles. The van der Waals surface area contributed by atoms with Crippen LogP contribution in [0.25, 0.3) is 0 Å². The highest BCUT2D eigenvalue weighted by Gasteiger charge is 2.27. The maximum atomic E-state index is 13.2. The molecule has 1 heterocycles. The molecule has 0 bridgehead atoms. The van der Waals surface area contributed by atoms with E-state index in [1.165, 1.54) is 0 Å². The zero-order valence-corrected chi connectivity index (χ0v) is 16.2. The van der Waals surface area contributed by atoms with Crippen LogP contribution >= 0.6 is 0 Å². The van der Waals surface area contributed by atoms with E-state index in [1.807, 2.05) is 81.0 Å². The standard InChI is InChI=1S/C20H23N3O2S/c1-14-12-15(2)19(16(3)13-14)26(24,25)22-18(17-8-6-5-7-9-17)20-21-10-11-23(20)4/h5-13,18,22H,1-4H3/t18-/m0/s1. The number of hydrogen-bond donors (Lipinski definition) is 1. The minimum atomic E-state index is -3.73. The first-order chi connectivity index (χ1) is 12.3. The number of aromatic nitrogens is 2. The second-order valence-corrected chi connectivity index (χ2v) is 8.24. The Balaban J connectivity index is 2.09. The van der Waals surface area contributed by atoms with Crippen LogP contribution in [0.1, 0.15) is 34.1 Å². The Hall–Kier alpha value is -2.44. The zero-order chi connectivity index (χ0) is 18.9. The van der Waals surface area contributed by atoms with Crippen LogP contribution in [0.2, 0.25) is 0 Å². The SMILES string of the molecule is Cc1cc(C)c(S(=O)(=O)N[C@@H](c2ccccc2)c2nccn2C)c(C)c1. The molecule has 0 amide bonds. The second-order valence-electron chi connectivity index (χ2n) is 6.59.